The molecule has 2 atom stereocenters. The minimum absolute atomic E-state index is 0.0788. The molecule has 0 bridgehead atoms. The van der Waals surface area contributed by atoms with Crippen molar-refractivity contribution in [3.05, 3.63) is 65.9 Å². The molecule has 3 rings (SSSR count). The van der Waals surface area contributed by atoms with Crippen molar-refractivity contribution >= 4 is 32.3 Å². The van der Waals surface area contributed by atoms with E-state index in [0.717, 1.165) is 3.97 Å². The highest BCUT2D eigenvalue weighted by atomic mass is 32.2. The third-order valence-electron chi connectivity index (χ3n) is 4.68. The van der Waals surface area contributed by atoms with Crippen LogP contribution in [0.4, 0.5) is 13.2 Å². The summed E-state index contributed by atoms with van der Waals surface area (Å²) in [6.07, 6.45) is -4.69. The van der Waals surface area contributed by atoms with E-state index in [1.54, 1.807) is 45.9 Å². The molecule has 0 spiro atoms. The molecule has 31 heavy (non-hydrogen) atoms. The number of benzene rings is 2. The Morgan fingerprint density at radius 3 is 2.19 bits per heavy atom. The van der Waals surface area contributed by atoms with Crippen molar-refractivity contribution in [3.8, 4) is 0 Å². The lowest BCUT2D eigenvalue weighted by Gasteiger charge is -2.29. The maximum atomic E-state index is 13.8. The minimum Gasteiger partial charge on any atom is -0.598 e. The van der Waals surface area contributed by atoms with E-state index in [-0.39, 0.29) is 16.0 Å². The van der Waals surface area contributed by atoms with Gasteiger partial charge >= 0.3 is 6.18 Å². The topological polar surface area (TPSA) is 74.2 Å². The monoisotopic (exact) mass is 472 g/mol. The summed E-state index contributed by atoms with van der Waals surface area (Å²) in [5.41, 5.74) is 0.487. The van der Waals surface area contributed by atoms with Gasteiger partial charge in [-0.05, 0) is 63.6 Å². The Bertz CT molecular complexity index is 1180. The van der Waals surface area contributed by atoms with Crippen LogP contribution in [0.5, 0.6) is 0 Å². The van der Waals surface area contributed by atoms with Crippen LogP contribution in [0, 0.1) is 6.92 Å². The number of hydrogen-bond donors (Lipinski definition) is 1. The first-order valence-electron chi connectivity index (χ1n) is 9.40. The number of aromatic nitrogens is 1. The summed E-state index contributed by atoms with van der Waals surface area (Å²) in [4.78, 5) is 0.0788. The number of fused-ring (bicyclic) bond motifs is 1. The number of alkyl halides is 3. The van der Waals surface area contributed by atoms with Gasteiger partial charge in [0.15, 0.2) is 6.04 Å². The van der Waals surface area contributed by atoms with Gasteiger partial charge in [0.05, 0.1) is 10.4 Å². The first kappa shape index (κ1) is 23.6. The Morgan fingerprint density at radius 1 is 1.03 bits per heavy atom. The van der Waals surface area contributed by atoms with Gasteiger partial charge < -0.3 is 4.55 Å². The van der Waals surface area contributed by atoms with Crippen LogP contribution in [0.1, 0.15) is 38.1 Å². The summed E-state index contributed by atoms with van der Waals surface area (Å²) < 4.78 is 82.2. The van der Waals surface area contributed by atoms with Crippen molar-refractivity contribution in [2.75, 3.05) is 0 Å². The second-order valence-electron chi connectivity index (χ2n) is 8.16. The smallest absolute Gasteiger partial charge is 0.412 e. The maximum Gasteiger partial charge on any atom is 0.412 e. The predicted octanol–water partition coefficient (Wildman–Crippen LogP) is 4.84. The van der Waals surface area contributed by atoms with Crippen LogP contribution in [0.15, 0.2) is 59.5 Å². The Morgan fingerprint density at radius 2 is 1.65 bits per heavy atom. The molecular formula is C21H23F3N2O3S2. The molecule has 1 heterocycles. The summed E-state index contributed by atoms with van der Waals surface area (Å²) in [6, 6.07) is 11.0. The fourth-order valence-corrected chi connectivity index (χ4v) is 5.56. The van der Waals surface area contributed by atoms with Gasteiger partial charge in [0, 0.05) is 22.4 Å². The lowest BCUT2D eigenvalue weighted by Crippen LogP contribution is -2.45. The van der Waals surface area contributed by atoms with Gasteiger partial charge in [-0.25, -0.2) is 12.4 Å². The summed E-state index contributed by atoms with van der Waals surface area (Å²) in [7, 11) is -3.92. The normalized spacial score (nSPS) is 15.2. The second kappa shape index (κ2) is 8.16. The third-order valence-corrected chi connectivity index (χ3v) is 8.07. The molecule has 1 aromatic heterocycles. The van der Waals surface area contributed by atoms with Crippen molar-refractivity contribution < 1.29 is 26.1 Å². The molecule has 0 saturated heterocycles. The molecule has 5 nitrogen and oxygen atoms in total. The van der Waals surface area contributed by atoms with Crippen LogP contribution in [0.3, 0.4) is 0 Å². The zero-order valence-electron chi connectivity index (χ0n) is 17.4. The molecule has 10 heteroatoms. The molecule has 0 radical (unpaired) electrons. The molecule has 1 unspecified atom stereocenters. The van der Waals surface area contributed by atoms with Crippen LogP contribution in [-0.2, 0) is 21.4 Å². The molecule has 0 aliphatic heterocycles. The van der Waals surface area contributed by atoms with Gasteiger partial charge in [-0.1, -0.05) is 24.3 Å². The predicted molar refractivity (Wildman–Crippen MR) is 116 cm³/mol. The largest absolute Gasteiger partial charge is 0.598 e. The molecule has 0 fully saturated rings. The van der Waals surface area contributed by atoms with Gasteiger partial charge in [-0.15, -0.1) is 4.72 Å². The fraction of sp³-hybridized carbons (Fsp3) is 0.333. The molecular weight excluding hydrogens is 449 g/mol. The van der Waals surface area contributed by atoms with Gasteiger partial charge in [-0.2, -0.15) is 13.2 Å². The van der Waals surface area contributed by atoms with E-state index in [4.69, 9.17) is 0 Å². The van der Waals surface area contributed by atoms with Crippen LogP contribution >= 0.6 is 0 Å². The van der Waals surface area contributed by atoms with E-state index in [1.165, 1.54) is 36.4 Å². The van der Waals surface area contributed by atoms with Crippen LogP contribution in [0.25, 0.3) is 10.9 Å². The number of aryl methyl sites for hydroxylation is 1. The van der Waals surface area contributed by atoms with E-state index < -0.39 is 38.4 Å². The minimum atomic E-state index is -4.69. The summed E-state index contributed by atoms with van der Waals surface area (Å²) >= 11 is -1.96. The van der Waals surface area contributed by atoms with Gasteiger partial charge in [0.25, 0.3) is 10.0 Å². The Balaban J connectivity index is 2.10. The highest BCUT2D eigenvalue weighted by Crippen LogP contribution is 2.36. The van der Waals surface area contributed by atoms with E-state index in [9.17, 15) is 26.1 Å². The standard InChI is InChI=1S/C21H23F3N2O3S2/c1-14-12-16-13-15(19(21(22,23)24)25-30(27)20(2,3)4)10-11-18(16)26(14)31(28,29)17-8-6-5-7-9-17/h5-13,19,25H,1-4H3/t19-,30?/m0/s1. The average molecular weight is 473 g/mol. The highest BCUT2D eigenvalue weighted by molar-refractivity contribution is 7.90. The number of nitrogens with zero attached hydrogens (tertiary/aromatic N) is 1. The summed E-state index contributed by atoms with van der Waals surface area (Å²) in [5, 5.41) is 0.340. The third kappa shape index (κ3) is 4.77. The van der Waals surface area contributed by atoms with Gasteiger partial charge in [0.2, 0.25) is 0 Å². The lowest BCUT2D eigenvalue weighted by molar-refractivity contribution is -0.153. The van der Waals surface area contributed by atoms with Crippen molar-refractivity contribution in [2.24, 2.45) is 0 Å². The summed E-state index contributed by atoms with van der Waals surface area (Å²) in [6.45, 7) is 6.30. The van der Waals surface area contributed by atoms with E-state index >= 15 is 0 Å². The first-order chi connectivity index (χ1) is 14.2. The SMILES string of the molecule is Cc1cc2cc([C@H](N[S+]([O-])C(C)(C)C)C(F)(F)F)ccc2n1S(=O)(=O)c1ccccc1. The van der Waals surface area contributed by atoms with Crippen LogP contribution < -0.4 is 4.72 Å². The molecule has 0 aliphatic carbocycles. The molecule has 168 valence electrons. The molecule has 0 aliphatic rings. The maximum absolute atomic E-state index is 13.8. The number of halogens is 3. The lowest BCUT2D eigenvalue weighted by atomic mass is 10.1. The molecule has 0 saturated carbocycles. The first-order valence-corrected chi connectivity index (χ1v) is 12.0. The Kier molecular flexibility index (Phi) is 6.22. The fourth-order valence-electron chi connectivity index (χ4n) is 3.15. The van der Waals surface area contributed by atoms with E-state index in [1.807, 2.05) is 0 Å². The van der Waals surface area contributed by atoms with Crippen LogP contribution in [0.2, 0.25) is 0 Å². The zero-order chi connectivity index (χ0) is 23.2. The van der Waals surface area contributed by atoms with Crippen molar-refractivity contribution in [3.63, 3.8) is 0 Å². The highest BCUT2D eigenvalue weighted by Gasteiger charge is 2.45. The zero-order valence-corrected chi connectivity index (χ0v) is 19.0. The van der Waals surface area contributed by atoms with Crippen molar-refractivity contribution in [1.82, 2.24) is 8.69 Å². The van der Waals surface area contributed by atoms with Gasteiger partial charge in [0.1, 0.15) is 4.75 Å². The number of nitrogens with one attached hydrogen (secondary N) is 1. The quantitative estimate of drug-likeness (QED) is 0.539. The van der Waals surface area contributed by atoms with E-state index in [0.29, 0.717) is 11.1 Å². The van der Waals surface area contributed by atoms with Crippen molar-refractivity contribution in [1.29, 1.82) is 0 Å². The van der Waals surface area contributed by atoms with Crippen LogP contribution in [-0.4, -0.2) is 27.9 Å². The molecule has 2 aromatic carbocycles. The number of rotatable bonds is 5. The number of hydrogen-bond acceptors (Lipinski definition) is 4. The van der Waals surface area contributed by atoms with Gasteiger partial charge in [-0.3, -0.25) is 0 Å². The summed E-state index contributed by atoms with van der Waals surface area (Å²) in [5.74, 6) is 0. The average Bonchev–Trinajstić information content (AvgIpc) is 3.00. The second-order valence-corrected chi connectivity index (χ2v) is 11.9. The Labute approximate surface area is 182 Å². The molecule has 3 aromatic rings. The Hall–Kier alpha value is -2.01. The van der Waals surface area contributed by atoms with E-state index in [2.05, 4.69) is 4.72 Å². The van der Waals surface area contributed by atoms with Crippen molar-refractivity contribution in [2.45, 2.75) is 49.6 Å². The molecule has 1 N–H and O–H groups in total. The molecule has 0 amide bonds.